The molecular weight excluding hydrogens is 1130 g/mol. The van der Waals surface area contributed by atoms with E-state index in [2.05, 4.69) is 60.1 Å². The predicted octanol–water partition coefficient (Wildman–Crippen LogP) is 13.0. The highest BCUT2D eigenvalue weighted by Gasteiger charge is 2.24. The van der Waals surface area contributed by atoms with Gasteiger partial charge in [0.25, 0.3) is 0 Å². The third-order valence-electron chi connectivity index (χ3n) is 12.5. The Morgan fingerprint density at radius 2 is 0.892 bits per heavy atom. The van der Waals surface area contributed by atoms with E-state index in [4.69, 9.17) is 26.0 Å². The van der Waals surface area contributed by atoms with Gasteiger partial charge in [0.2, 0.25) is 0 Å². The average Bonchev–Trinajstić information content (AvgIpc) is 4.52. The SMILES string of the molecule is CC(=O)c1cc2ccc(Br)c([N+](=O)[O-])c2[nH]1.CCO.Nc1c(-c2ccccc2)ccc2cc[nH]c12.O=C(O)c1cc2ccc(-c3ccccc3)c([N+](=O)[O-])c2[nH]1.O=[N+]([O-])c1c(-c2ccccc2)ccc2cc[nH]c12.OB(O)c1ccccc1. The van der Waals surface area contributed by atoms with Crippen molar-refractivity contribution in [2.24, 2.45) is 0 Å². The number of nitrogen functional groups attached to an aromatic ring is 1. The van der Waals surface area contributed by atoms with Crippen LogP contribution in [0.5, 0.6) is 0 Å². The Balaban J connectivity index is 0.000000150. The molecular formula is C61H52BBrN8O12. The van der Waals surface area contributed by atoms with Gasteiger partial charge in [0.1, 0.15) is 22.2 Å². The number of carbonyl (C=O) groups is 2. The first kappa shape index (κ1) is 60.1. The summed E-state index contributed by atoms with van der Waals surface area (Å²) in [6.07, 6.45) is 3.63. The number of nitrogens with zero attached hydrogens (tertiary/aromatic N) is 3. The van der Waals surface area contributed by atoms with Crippen molar-refractivity contribution in [3.05, 3.63) is 253 Å². The number of carboxylic acid groups (broad SMARTS) is 1. The summed E-state index contributed by atoms with van der Waals surface area (Å²) in [4.78, 5) is 66.0. The lowest BCUT2D eigenvalue weighted by Gasteiger charge is -2.06. The highest BCUT2D eigenvalue weighted by molar-refractivity contribution is 9.10. The van der Waals surface area contributed by atoms with Crippen LogP contribution in [-0.2, 0) is 0 Å². The fourth-order valence-corrected chi connectivity index (χ4v) is 9.14. The summed E-state index contributed by atoms with van der Waals surface area (Å²) in [5.41, 5.74) is 14.8. The zero-order chi connectivity index (χ0) is 59.7. The molecule has 418 valence electrons. The van der Waals surface area contributed by atoms with Gasteiger partial charge in [-0.2, -0.15) is 0 Å². The van der Waals surface area contributed by atoms with Gasteiger partial charge in [-0.25, -0.2) is 4.79 Å². The first-order chi connectivity index (χ1) is 39.9. The maximum atomic E-state index is 11.4. The molecule has 0 bridgehead atoms. The predicted molar refractivity (Wildman–Crippen MR) is 328 cm³/mol. The number of nitrogens with one attached hydrogen (secondary N) is 4. The summed E-state index contributed by atoms with van der Waals surface area (Å²) in [6, 6.07) is 58.5. The van der Waals surface area contributed by atoms with Crippen LogP contribution in [0.4, 0.5) is 22.7 Å². The number of aromatic nitrogens is 4. The number of hydrogen-bond acceptors (Lipinski definition) is 12. The molecule has 83 heavy (non-hydrogen) atoms. The summed E-state index contributed by atoms with van der Waals surface area (Å²) in [7, 11) is -1.34. The monoisotopic (exact) mass is 1180 g/mol. The van der Waals surface area contributed by atoms with Gasteiger partial charge in [0.05, 0.1) is 47.3 Å². The Morgan fingerprint density at radius 3 is 1.34 bits per heavy atom. The second kappa shape index (κ2) is 28.1. The van der Waals surface area contributed by atoms with Crippen LogP contribution in [-0.4, -0.2) is 80.4 Å². The lowest BCUT2D eigenvalue weighted by molar-refractivity contribution is -0.384. The number of nitro benzene ring substituents is 3. The van der Waals surface area contributed by atoms with Crippen LogP contribution in [0, 0.1) is 30.3 Å². The van der Waals surface area contributed by atoms with Crippen molar-refractivity contribution in [2.45, 2.75) is 13.8 Å². The number of aliphatic hydroxyl groups excluding tert-OH is 1. The van der Waals surface area contributed by atoms with Crippen LogP contribution in [0.25, 0.3) is 77.0 Å². The highest BCUT2D eigenvalue weighted by Crippen LogP contribution is 2.38. The molecule has 0 aliphatic heterocycles. The molecule has 0 radical (unpaired) electrons. The smallest absolute Gasteiger partial charge is 0.477 e. The second-order valence-corrected chi connectivity index (χ2v) is 18.7. The van der Waals surface area contributed by atoms with E-state index in [0.717, 1.165) is 38.7 Å². The van der Waals surface area contributed by atoms with Crippen molar-refractivity contribution in [3.8, 4) is 33.4 Å². The summed E-state index contributed by atoms with van der Waals surface area (Å²) < 4.78 is 0.391. The quantitative estimate of drug-likeness (QED) is 0.0214. The van der Waals surface area contributed by atoms with Crippen molar-refractivity contribution < 1.29 is 44.6 Å². The number of rotatable bonds is 9. The maximum Gasteiger partial charge on any atom is 0.488 e. The fraction of sp³-hybridized carbons (Fsp3) is 0.0492. The zero-order valence-electron chi connectivity index (χ0n) is 44.3. The van der Waals surface area contributed by atoms with E-state index in [1.165, 1.54) is 13.0 Å². The third-order valence-corrected chi connectivity index (χ3v) is 13.1. The number of benzene rings is 8. The number of nitro groups is 3. The van der Waals surface area contributed by atoms with Gasteiger partial charge in [-0.3, -0.25) is 35.1 Å². The van der Waals surface area contributed by atoms with Crippen LogP contribution in [0.1, 0.15) is 34.8 Å². The molecule has 12 rings (SSSR count). The molecule has 4 heterocycles. The van der Waals surface area contributed by atoms with Crippen molar-refractivity contribution in [1.29, 1.82) is 0 Å². The number of aromatic carboxylic acids is 1. The van der Waals surface area contributed by atoms with Gasteiger partial charge < -0.3 is 45.9 Å². The summed E-state index contributed by atoms with van der Waals surface area (Å²) in [6.45, 7) is 3.34. The lowest BCUT2D eigenvalue weighted by Crippen LogP contribution is -2.29. The zero-order valence-corrected chi connectivity index (χ0v) is 45.9. The minimum atomic E-state index is -1.34. The van der Waals surface area contributed by atoms with E-state index in [1.807, 2.05) is 85.1 Å². The largest absolute Gasteiger partial charge is 0.488 e. The Hall–Kier alpha value is -10.5. The molecule has 20 nitrogen and oxygen atoms in total. The van der Waals surface area contributed by atoms with E-state index in [-0.39, 0.29) is 45.6 Å². The number of H-pyrrole nitrogens is 4. The first-order valence-corrected chi connectivity index (χ1v) is 26.0. The number of hydrogen-bond donors (Lipinski definition) is 9. The van der Waals surface area contributed by atoms with Crippen molar-refractivity contribution in [2.75, 3.05) is 12.3 Å². The number of aromatic amines is 4. The Labute approximate surface area is 481 Å². The van der Waals surface area contributed by atoms with Crippen molar-refractivity contribution in [3.63, 3.8) is 0 Å². The molecule has 8 aromatic carbocycles. The number of fused-ring (bicyclic) bond motifs is 4. The van der Waals surface area contributed by atoms with Gasteiger partial charge in [-0.15, -0.1) is 0 Å². The number of anilines is 1. The van der Waals surface area contributed by atoms with Gasteiger partial charge in [-0.05, 0) is 87.5 Å². The Morgan fingerprint density at radius 1 is 0.518 bits per heavy atom. The number of carboxylic acids is 1. The van der Waals surface area contributed by atoms with Crippen molar-refractivity contribution >= 4 is 107 Å². The number of aliphatic hydroxyl groups is 1. The average molecular weight is 1180 g/mol. The van der Waals surface area contributed by atoms with E-state index >= 15 is 0 Å². The number of ketones is 1. The first-order valence-electron chi connectivity index (χ1n) is 25.2. The number of halogens is 1. The molecule has 0 aliphatic carbocycles. The van der Waals surface area contributed by atoms with Crippen LogP contribution >= 0.6 is 15.9 Å². The van der Waals surface area contributed by atoms with E-state index < -0.39 is 22.9 Å². The Kier molecular flexibility index (Phi) is 20.3. The second-order valence-electron chi connectivity index (χ2n) is 17.9. The molecule has 0 atom stereocenters. The molecule has 0 fully saturated rings. The van der Waals surface area contributed by atoms with Gasteiger partial charge in [-0.1, -0.05) is 152 Å². The summed E-state index contributed by atoms with van der Waals surface area (Å²) in [5.74, 6) is -1.30. The maximum absolute atomic E-state index is 11.4. The van der Waals surface area contributed by atoms with Crippen LogP contribution in [0.3, 0.4) is 0 Å². The molecule has 0 unspecified atom stereocenters. The van der Waals surface area contributed by atoms with Gasteiger partial charge in [0.15, 0.2) is 5.78 Å². The molecule has 0 saturated heterocycles. The van der Waals surface area contributed by atoms with Gasteiger partial charge in [0, 0.05) is 53.0 Å². The molecule has 0 amide bonds. The topological polar surface area (TPSA) is 334 Å². The van der Waals surface area contributed by atoms with Crippen molar-refractivity contribution in [1.82, 2.24) is 19.9 Å². The van der Waals surface area contributed by atoms with Crippen LogP contribution in [0.2, 0.25) is 0 Å². The lowest BCUT2D eigenvalue weighted by atomic mass is 9.81. The molecule has 0 spiro atoms. The Bertz CT molecular complexity index is 4210. The molecule has 12 aromatic rings. The fourth-order valence-electron chi connectivity index (χ4n) is 8.67. The summed E-state index contributed by atoms with van der Waals surface area (Å²) in [5, 5.41) is 70.5. The molecule has 10 N–H and O–H groups in total. The van der Waals surface area contributed by atoms with Crippen LogP contribution in [0.15, 0.2) is 211 Å². The molecule has 0 saturated carbocycles. The minimum Gasteiger partial charge on any atom is -0.477 e. The van der Waals surface area contributed by atoms with E-state index in [9.17, 15) is 39.9 Å². The highest BCUT2D eigenvalue weighted by atomic mass is 79.9. The number of carbonyl (C=O) groups excluding carboxylic acids is 1. The van der Waals surface area contributed by atoms with Gasteiger partial charge >= 0.3 is 30.1 Å². The standard InChI is InChI=1S/C15H10N2O4.C14H10N2O2.C14H12N2.C10H7BrN2O3.C6H7BO2.C2H6O/c18-15(19)12-8-10-6-7-11(9-4-2-1-3-5-9)14(17(20)21)13(10)16-12;17-16(18)14-12(10-4-2-1-3-5-10)7-6-11-8-9-15-13(11)14;15-13-12(10-4-2-1-3-5-10)7-6-11-8-9-16-14(11)13;1-5(14)8-4-6-2-3-7(11)10(13(15)16)9(6)12-8;8-7(9)6-4-2-1-3-5-6;1-2-3/h1-8,16H,(H,18,19);1-9,15H;1-9,16H,15H2;2-4,12H,1H3;1-5,8-9H;3H,2H2,1H3. The molecule has 0 aliphatic rings. The van der Waals surface area contributed by atoms with E-state index in [1.54, 1.807) is 98.0 Å². The normalized spacial score (nSPS) is 10.3. The van der Waals surface area contributed by atoms with E-state index in [0.29, 0.717) is 54.1 Å². The number of nitrogens with two attached hydrogens (primary N) is 1. The third kappa shape index (κ3) is 14.7. The molecule has 4 aromatic heterocycles. The number of Topliss-reactive ketones (excluding diaryl/α,β-unsaturated/α-hetero) is 1. The minimum absolute atomic E-state index is 0.0509. The van der Waals surface area contributed by atoms with Crippen LogP contribution < -0.4 is 11.2 Å². The summed E-state index contributed by atoms with van der Waals surface area (Å²) >= 11 is 3.12. The molecule has 22 heteroatoms.